The molecule has 0 radical (unpaired) electrons. The molecule has 0 spiro atoms. The molecule has 0 fully saturated rings. The number of ether oxygens (including phenoxy) is 2. The van der Waals surface area contributed by atoms with E-state index in [0.29, 0.717) is 25.5 Å². The third-order valence-corrected chi connectivity index (χ3v) is 7.47. The quantitative estimate of drug-likeness (QED) is 0.199. The molecular weight excluding hydrogens is 510 g/mol. The maximum Gasteiger partial charge on any atom is 0.304 e. The fraction of sp³-hybridized carbons (Fsp3) is 0.312. The highest BCUT2D eigenvalue weighted by atomic mass is 32.1. The maximum atomic E-state index is 11.2. The summed E-state index contributed by atoms with van der Waals surface area (Å²) in [6.45, 7) is 8.10. The summed E-state index contributed by atoms with van der Waals surface area (Å²) in [4.78, 5) is 16.7. The summed E-state index contributed by atoms with van der Waals surface area (Å²) in [6.07, 6.45) is 2.11. The van der Waals surface area contributed by atoms with Crippen LogP contribution in [0.4, 0.5) is 0 Å². The van der Waals surface area contributed by atoms with Gasteiger partial charge in [-0.1, -0.05) is 36.3 Å². The number of aliphatic carboxylic acids is 1. The van der Waals surface area contributed by atoms with Crippen molar-refractivity contribution in [2.24, 2.45) is 0 Å². The van der Waals surface area contributed by atoms with E-state index in [2.05, 4.69) is 41.9 Å². The molecule has 0 aliphatic heterocycles. The minimum atomic E-state index is -0.899. The smallest absolute Gasteiger partial charge is 0.304 e. The molecule has 202 valence electrons. The number of fused-ring (bicyclic) bond motifs is 1. The molecule has 4 rings (SSSR count). The van der Waals surface area contributed by atoms with Gasteiger partial charge >= 0.3 is 5.97 Å². The summed E-state index contributed by atoms with van der Waals surface area (Å²) in [6, 6.07) is 18.0. The van der Waals surface area contributed by atoms with Gasteiger partial charge in [-0.05, 0) is 62.6 Å². The standard InChI is InChI=1S/C32H33NO5S/c1-5-8-22(18-30(34)35)23-11-14-29(33-19-23)38-20-28-31(26-9-6-7-10-27(26)39-28)25-13-12-24(17-21(25)2)37-16-15-32(3,4)36/h6-7,9-14,17,19,22,36H,15-16,18,20H2,1-4H3,(H,34,35)/t22-/m0/s1. The van der Waals surface area contributed by atoms with Crippen LogP contribution in [0.5, 0.6) is 11.6 Å². The zero-order valence-corrected chi connectivity index (χ0v) is 23.5. The Labute approximate surface area is 233 Å². The lowest BCUT2D eigenvalue weighted by molar-refractivity contribution is -0.137. The van der Waals surface area contributed by atoms with Crippen LogP contribution in [-0.4, -0.2) is 33.4 Å². The van der Waals surface area contributed by atoms with Gasteiger partial charge in [-0.2, -0.15) is 0 Å². The van der Waals surface area contributed by atoms with Crippen LogP contribution in [-0.2, 0) is 11.4 Å². The summed E-state index contributed by atoms with van der Waals surface area (Å²) in [5, 5.41) is 20.3. The number of benzene rings is 2. The molecule has 2 heterocycles. The average Bonchev–Trinajstić information content (AvgIpc) is 3.25. The second kappa shape index (κ2) is 12.3. The lowest BCUT2D eigenvalue weighted by Gasteiger charge is -2.17. The molecule has 0 saturated carbocycles. The van der Waals surface area contributed by atoms with Crippen molar-refractivity contribution in [3.63, 3.8) is 0 Å². The summed E-state index contributed by atoms with van der Waals surface area (Å²) >= 11 is 1.69. The van der Waals surface area contributed by atoms with Crippen molar-refractivity contribution >= 4 is 27.4 Å². The fourth-order valence-corrected chi connectivity index (χ4v) is 5.47. The van der Waals surface area contributed by atoms with E-state index >= 15 is 0 Å². The molecule has 0 amide bonds. The number of hydrogen-bond acceptors (Lipinski definition) is 6. The number of nitrogens with zero attached hydrogens (tertiary/aromatic N) is 1. The molecule has 0 bridgehead atoms. The zero-order chi connectivity index (χ0) is 28.0. The normalized spacial score (nSPS) is 12.0. The highest BCUT2D eigenvalue weighted by Gasteiger charge is 2.18. The fourth-order valence-electron chi connectivity index (χ4n) is 4.34. The number of aryl methyl sites for hydroxylation is 1. The Bertz CT molecular complexity index is 1510. The van der Waals surface area contributed by atoms with E-state index in [4.69, 9.17) is 9.47 Å². The lowest BCUT2D eigenvalue weighted by atomic mass is 9.97. The topological polar surface area (TPSA) is 88.9 Å². The predicted molar refractivity (Wildman–Crippen MR) is 155 cm³/mol. The summed E-state index contributed by atoms with van der Waals surface area (Å²) in [5.74, 6) is 5.68. The lowest BCUT2D eigenvalue weighted by Crippen LogP contribution is -2.21. The maximum absolute atomic E-state index is 11.2. The molecule has 0 unspecified atom stereocenters. The zero-order valence-electron chi connectivity index (χ0n) is 22.7. The SMILES string of the molecule is CC#C[C@@H](CC(=O)O)c1ccc(OCc2sc3ccccc3c2-c2ccc(OCCC(C)(C)O)cc2C)nc1. The van der Waals surface area contributed by atoms with Crippen molar-refractivity contribution < 1.29 is 24.5 Å². The van der Waals surface area contributed by atoms with Crippen molar-refractivity contribution in [3.8, 4) is 34.6 Å². The summed E-state index contributed by atoms with van der Waals surface area (Å²) < 4.78 is 13.2. The highest BCUT2D eigenvalue weighted by molar-refractivity contribution is 7.19. The second-order valence-electron chi connectivity index (χ2n) is 10.0. The van der Waals surface area contributed by atoms with Crippen LogP contribution in [0.15, 0.2) is 60.8 Å². The van der Waals surface area contributed by atoms with Crippen molar-refractivity contribution in [1.29, 1.82) is 0 Å². The molecule has 7 heteroatoms. The monoisotopic (exact) mass is 543 g/mol. The minimum Gasteiger partial charge on any atom is -0.493 e. The molecule has 1 atom stereocenters. The van der Waals surface area contributed by atoms with Gasteiger partial charge in [0, 0.05) is 34.3 Å². The van der Waals surface area contributed by atoms with Crippen molar-refractivity contribution in [2.45, 2.75) is 58.7 Å². The van der Waals surface area contributed by atoms with Crippen LogP contribution in [0.25, 0.3) is 21.2 Å². The summed E-state index contributed by atoms with van der Waals surface area (Å²) in [5.41, 5.74) is 3.32. The summed E-state index contributed by atoms with van der Waals surface area (Å²) in [7, 11) is 0. The van der Waals surface area contributed by atoms with Gasteiger partial charge in [-0.15, -0.1) is 17.3 Å². The molecule has 2 aromatic carbocycles. The first-order valence-corrected chi connectivity index (χ1v) is 13.7. The van der Waals surface area contributed by atoms with E-state index in [9.17, 15) is 15.0 Å². The molecule has 4 aromatic rings. The third-order valence-electron chi connectivity index (χ3n) is 6.33. The van der Waals surface area contributed by atoms with Crippen molar-refractivity contribution in [1.82, 2.24) is 4.98 Å². The van der Waals surface area contributed by atoms with E-state index in [-0.39, 0.29) is 6.42 Å². The number of aromatic nitrogens is 1. The van der Waals surface area contributed by atoms with Crippen LogP contribution in [0, 0.1) is 18.8 Å². The number of hydrogen-bond donors (Lipinski definition) is 2. The highest BCUT2D eigenvalue weighted by Crippen LogP contribution is 2.41. The van der Waals surface area contributed by atoms with Crippen LogP contribution in [0.2, 0.25) is 0 Å². The van der Waals surface area contributed by atoms with Gasteiger partial charge in [0.1, 0.15) is 12.4 Å². The Balaban J connectivity index is 1.56. The Kier molecular flexibility index (Phi) is 8.90. The van der Waals surface area contributed by atoms with Gasteiger partial charge in [0.25, 0.3) is 0 Å². The number of carboxylic acids is 1. The number of thiophene rings is 1. The van der Waals surface area contributed by atoms with E-state index in [1.165, 1.54) is 4.70 Å². The van der Waals surface area contributed by atoms with Crippen LogP contribution < -0.4 is 9.47 Å². The van der Waals surface area contributed by atoms with Crippen LogP contribution in [0.3, 0.4) is 0 Å². The molecule has 2 N–H and O–H groups in total. The Morgan fingerprint density at radius 2 is 1.92 bits per heavy atom. The number of rotatable bonds is 11. The van der Waals surface area contributed by atoms with Gasteiger partial charge in [0.15, 0.2) is 0 Å². The number of carboxylic acid groups (broad SMARTS) is 1. The van der Waals surface area contributed by atoms with Gasteiger partial charge in [-0.25, -0.2) is 4.98 Å². The Morgan fingerprint density at radius 1 is 1.13 bits per heavy atom. The first-order chi connectivity index (χ1) is 18.6. The number of pyridine rings is 1. The van der Waals surface area contributed by atoms with Crippen molar-refractivity contribution in [2.75, 3.05) is 6.61 Å². The third kappa shape index (κ3) is 7.38. The molecule has 39 heavy (non-hydrogen) atoms. The molecule has 6 nitrogen and oxygen atoms in total. The van der Waals surface area contributed by atoms with E-state index < -0.39 is 17.5 Å². The van der Waals surface area contributed by atoms with E-state index in [1.54, 1.807) is 44.4 Å². The first-order valence-electron chi connectivity index (χ1n) is 12.8. The minimum absolute atomic E-state index is 0.0729. The predicted octanol–water partition coefficient (Wildman–Crippen LogP) is 6.97. The Morgan fingerprint density at radius 3 is 2.59 bits per heavy atom. The molecule has 2 aromatic heterocycles. The number of aliphatic hydroxyl groups is 1. The van der Waals surface area contributed by atoms with Crippen LogP contribution in [0.1, 0.15) is 55.5 Å². The van der Waals surface area contributed by atoms with Crippen LogP contribution >= 0.6 is 11.3 Å². The van der Waals surface area contributed by atoms with E-state index in [1.807, 2.05) is 30.3 Å². The van der Waals surface area contributed by atoms with Gasteiger partial charge in [0.05, 0.1) is 29.4 Å². The average molecular weight is 544 g/mol. The van der Waals surface area contributed by atoms with E-state index in [0.717, 1.165) is 38.3 Å². The molecular formula is C32H33NO5S. The van der Waals surface area contributed by atoms with Gasteiger partial charge in [0.2, 0.25) is 5.88 Å². The number of carbonyl (C=O) groups is 1. The first kappa shape index (κ1) is 28.2. The largest absolute Gasteiger partial charge is 0.493 e. The molecule has 0 aliphatic rings. The molecule has 0 saturated heterocycles. The van der Waals surface area contributed by atoms with Gasteiger partial charge < -0.3 is 19.7 Å². The second-order valence-corrected chi connectivity index (χ2v) is 11.2. The van der Waals surface area contributed by atoms with Gasteiger partial charge in [-0.3, -0.25) is 4.79 Å². The molecule has 0 aliphatic carbocycles. The van der Waals surface area contributed by atoms with Crippen molar-refractivity contribution in [3.05, 3.63) is 76.8 Å². The Hall–Kier alpha value is -3.86.